The summed E-state index contributed by atoms with van der Waals surface area (Å²) in [5.41, 5.74) is 2.05. The first-order valence-corrected chi connectivity index (χ1v) is 9.69. The molecule has 30 heavy (non-hydrogen) atoms. The Morgan fingerprint density at radius 2 is 1.80 bits per heavy atom. The Morgan fingerprint density at radius 1 is 1.17 bits per heavy atom. The lowest BCUT2D eigenvalue weighted by atomic mass is 10.0. The standard InChI is InChI=1S/C21H28FN3O5/c1-11(2)18(20(29)23-14(9-17(27)28)16(26)10-22)24-21(30)19-12(3)13-7-5-6-8-15(13)25(19)4/h5-8,11,14,16,18,26H,9-10H2,1-4H3,(H,23,29)(H,24,30)(H,27,28)/t14?,16?,18-/m0/s1. The molecule has 2 amide bonds. The Hall–Kier alpha value is -2.94. The highest BCUT2D eigenvalue weighted by Gasteiger charge is 2.31. The molecule has 0 spiro atoms. The molecule has 0 fully saturated rings. The molecule has 9 heteroatoms. The fourth-order valence-electron chi connectivity index (χ4n) is 3.50. The number of hydrogen-bond donors (Lipinski definition) is 4. The second kappa shape index (κ2) is 9.71. The molecule has 1 aromatic heterocycles. The van der Waals surface area contributed by atoms with Crippen LogP contribution in [0.4, 0.5) is 4.39 Å². The summed E-state index contributed by atoms with van der Waals surface area (Å²) in [7, 11) is 1.76. The second-order valence-corrected chi connectivity index (χ2v) is 7.68. The Kier molecular flexibility index (Phi) is 7.55. The van der Waals surface area contributed by atoms with E-state index in [1.807, 2.05) is 31.2 Å². The van der Waals surface area contributed by atoms with Crippen LogP contribution in [0.5, 0.6) is 0 Å². The summed E-state index contributed by atoms with van der Waals surface area (Å²) in [6, 6.07) is 5.23. The molecule has 0 saturated heterocycles. The van der Waals surface area contributed by atoms with E-state index in [-0.39, 0.29) is 5.92 Å². The summed E-state index contributed by atoms with van der Waals surface area (Å²) in [5.74, 6) is -2.77. The molecule has 1 heterocycles. The minimum atomic E-state index is -1.66. The van der Waals surface area contributed by atoms with Gasteiger partial charge >= 0.3 is 5.97 Å². The van der Waals surface area contributed by atoms with Crippen molar-refractivity contribution < 1.29 is 29.0 Å². The zero-order valence-electron chi connectivity index (χ0n) is 17.5. The molecule has 164 valence electrons. The molecular formula is C21H28FN3O5. The summed E-state index contributed by atoms with van der Waals surface area (Å²) in [6.45, 7) is 4.06. The van der Waals surface area contributed by atoms with Gasteiger partial charge in [0.1, 0.15) is 24.5 Å². The predicted molar refractivity (Wildman–Crippen MR) is 110 cm³/mol. The maximum atomic E-state index is 13.0. The van der Waals surface area contributed by atoms with Gasteiger partial charge in [-0.05, 0) is 24.5 Å². The van der Waals surface area contributed by atoms with Gasteiger partial charge < -0.3 is 25.4 Å². The lowest BCUT2D eigenvalue weighted by Gasteiger charge is -2.26. The third-order valence-electron chi connectivity index (χ3n) is 5.16. The summed E-state index contributed by atoms with van der Waals surface area (Å²) in [6.07, 6.45) is -2.30. The summed E-state index contributed by atoms with van der Waals surface area (Å²) in [4.78, 5) is 36.7. The van der Waals surface area contributed by atoms with E-state index in [9.17, 15) is 23.9 Å². The highest BCUT2D eigenvalue weighted by Crippen LogP contribution is 2.24. The molecule has 0 bridgehead atoms. The van der Waals surface area contributed by atoms with Crippen LogP contribution in [0.3, 0.4) is 0 Å². The lowest BCUT2D eigenvalue weighted by Crippen LogP contribution is -2.55. The summed E-state index contributed by atoms with van der Waals surface area (Å²) >= 11 is 0. The van der Waals surface area contributed by atoms with Gasteiger partial charge in [0.25, 0.3) is 5.91 Å². The van der Waals surface area contributed by atoms with Gasteiger partial charge in [-0.15, -0.1) is 0 Å². The normalized spacial score (nSPS) is 14.4. The molecule has 0 aliphatic carbocycles. The average molecular weight is 421 g/mol. The van der Waals surface area contributed by atoms with Crippen molar-refractivity contribution in [2.45, 2.75) is 45.4 Å². The van der Waals surface area contributed by atoms with Crippen LogP contribution in [0.25, 0.3) is 10.9 Å². The first-order chi connectivity index (χ1) is 14.1. The number of aliphatic carboxylic acids is 1. The molecule has 8 nitrogen and oxygen atoms in total. The van der Waals surface area contributed by atoms with E-state index in [1.165, 1.54) is 0 Å². The number of carbonyl (C=O) groups excluding carboxylic acids is 2. The molecule has 2 aromatic rings. The molecule has 0 saturated carbocycles. The van der Waals surface area contributed by atoms with Crippen LogP contribution in [-0.2, 0) is 16.6 Å². The average Bonchev–Trinajstić information content (AvgIpc) is 2.95. The number of rotatable bonds is 9. The van der Waals surface area contributed by atoms with Gasteiger partial charge in [-0.3, -0.25) is 14.4 Å². The molecule has 2 rings (SSSR count). The number of nitrogens with one attached hydrogen (secondary N) is 2. The van der Waals surface area contributed by atoms with Crippen LogP contribution in [0.15, 0.2) is 24.3 Å². The highest BCUT2D eigenvalue weighted by molar-refractivity contribution is 6.03. The Morgan fingerprint density at radius 3 is 2.33 bits per heavy atom. The molecule has 0 aliphatic heterocycles. The minimum absolute atomic E-state index is 0.336. The zero-order chi connectivity index (χ0) is 22.6. The first kappa shape index (κ1) is 23.3. The van der Waals surface area contributed by atoms with Crippen molar-refractivity contribution in [3.63, 3.8) is 0 Å². The molecular weight excluding hydrogens is 393 g/mol. The molecule has 0 aliphatic rings. The zero-order valence-corrected chi connectivity index (χ0v) is 17.5. The number of amides is 2. The van der Waals surface area contributed by atoms with Gasteiger partial charge in [0, 0.05) is 18.0 Å². The van der Waals surface area contributed by atoms with Gasteiger partial charge in [0.2, 0.25) is 5.91 Å². The lowest BCUT2D eigenvalue weighted by molar-refractivity contribution is -0.139. The number of nitrogens with zero attached hydrogens (tertiary/aromatic N) is 1. The summed E-state index contributed by atoms with van der Waals surface area (Å²) in [5, 5.41) is 24.6. The second-order valence-electron chi connectivity index (χ2n) is 7.68. The number of para-hydroxylation sites is 1. The number of alkyl halides is 1. The van der Waals surface area contributed by atoms with Crippen LogP contribution in [0.1, 0.15) is 36.3 Å². The van der Waals surface area contributed by atoms with Crippen molar-refractivity contribution in [1.82, 2.24) is 15.2 Å². The maximum absolute atomic E-state index is 13.0. The number of carboxylic acid groups (broad SMARTS) is 1. The number of aliphatic hydroxyl groups excluding tert-OH is 1. The number of halogens is 1. The van der Waals surface area contributed by atoms with Gasteiger partial charge in [0.05, 0.1) is 12.5 Å². The van der Waals surface area contributed by atoms with E-state index in [0.29, 0.717) is 5.69 Å². The molecule has 2 unspecified atom stereocenters. The molecule has 4 N–H and O–H groups in total. The fourth-order valence-corrected chi connectivity index (χ4v) is 3.50. The number of aryl methyl sites for hydroxylation is 2. The van der Waals surface area contributed by atoms with Crippen molar-refractivity contribution in [1.29, 1.82) is 0 Å². The molecule has 3 atom stereocenters. The van der Waals surface area contributed by atoms with E-state index in [2.05, 4.69) is 10.6 Å². The SMILES string of the molecule is Cc1c(C(=O)N[C@H](C(=O)NC(CC(=O)O)C(O)CF)C(C)C)n(C)c2ccccc12. The van der Waals surface area contributed by atoms with E-state index < -0.39 is 49.1 Å². The van der Waals surface area contributed by atoms with E-state index >= 15 is 0 Å². The number of carbonyl (C=O) groups is 3. The largest absolute Gasteiger partial charge is 0.481 e. The van der Waals surface area contributed by atoms with E-state index in [0.717, 1.165) is 16.5 Å². The molecule has 0 radical (unpaired) electrons. The van der Waals surface area contributed by atoms with E-state index in [4.69, 9.17) is 5.11 Å². The third-order valence-corrected chi connectivity index (χ3v) is 5.16. The van der Waals surface area contributed by atoms with Crippen LogP contribution in [0, 0.1) is 12.8 Å². The van der Waals surface area contributed by atoms with Crippen LogP contribution in [-0.4, -0.2) is 57.4 Å². The van der Waals surface area contributed by atoms with Gasteiger partial charge in [-0.2, -0.15) is 0 Å². The van der Waals surface area contributed by atoms with Gasteiger partial charge in [0.15, 0.2) is 0 Å². The Balaban J connectivity index is 2.26. The number of aromatic nitrogens is 1. The van der Waals surface area contributed by atoms with Crippen molar-refractivity contribution in [3.8, 4) is 0 Å². The number of aliphatic hydroxyl groups is 1. The van der Waals surface area contributed by atoms with Crippen LogP contribution >= 0.6 is 0 Å². The van der Waals surface area contributed by atoms with Crippen molar-refractivity contribution in [2.75, 3.05) is 6.67 Å². The van der Waals surface area contributed by atoms with Crippen molar-refractivity contribution in [2.24, 2.45) is 13.0 Å². The Bertz CT molecular complexity index is 901. The topological polar surface area (TPSA) is 121 Å². The van der Waals surface area contributed by atoms with Crippen molar-refractivity contribution >= 4 is 28.7 Å². The predicted octanol–water partition coefficient (Wildman–Crippen LogP) is 1.53. The maximum Gasteiger partial charge on any atom is 0.305 e. The number of carboxylic acids is 1. The van der Waals surface area contributed by atoms with Crippen molar-refractivity contribution in [3.05, 3.63) is 35.5 Å². The van der Waals surface area contributed by atoms with Gasteiger partial charge in [-0.1, -0.05) is 32.0 Å². The van der Waals surface area contributed by atoms with Gasteiger partial charge in [-0.25, -0.2) is 4.39 Å². The quantitative estimate of drug-likeness (QED) is 0.489. The minimum Gasteiger partial charge on any atom is -0.481 e. The monoisotopic (exact) mass is 421 g/mol. The first-order valence-electron chi connectivity index (χ1n) is 9.69. The fraction of sp³-hybridized carbons (Fsp3) is 0.476. The number of hydrogen-bond acceptors (Lipinski definition) is 4. The third kappa shape index (κ3) is 4.96. The molecule has 1 aromatic carbocycles. The van der Waals surface area contributed by atoms with Crippen LogP contribution < -0.4 is 10.6 Å². The highest BCUT2D eigenvalue weighted by atomic mass is 19.1. The number of benzene rings is 1. The summed E-state index contributed by atoms with van der Waals surface area (Å²) < 4.78 is 14.6. The van der Waals surface area contributed by atoms with Crippen LogP contribution in [0.2, 0.25) is 0 Å². The smallest absolute Gasteiger partial charge is 0.305 e. The number of fused-ring (bicyclic) bond motifs is 1. The Labute approximate surface area is 174 Å². The van der Waals surface area contributed by atoms with E-state index in [1.54, 1.807) is 25.5 Å².